The number of sulfonamides is 1. The Labute approximate surface area is 116 Å². The molecule has 7 nitrogen and oxygen atoms in total. The molecule has 1 aromatic heterocycles. The summed E-state index contributed by atoms with van der Waals surface area (Å²) >= 11 is 1.51. The van der Waals surface area contributed by atoms with Crippen LogP contribution in [-0.4, -0.2) is 47.2 Å². The fourth-order valence-electron chi connectivity index (χ4n) is 1.31. The van der Waals surface area contributed by atoms with E-state index >= 15 is 0 Å². The molecule has 1 rings (SSSR count). The molecule has 0 amide bonds. The molecular weight excluding hydrogens is 290 g/mol. The summed E-state index contributed by atoms with van der Waals surface area (Å²) in [6.07, 6.45) is 1.88. The van der Waals surface area contributed by atoms with Gasteiger partial charge >= 0.3 is 5.97 Å². The van der Waals surface area contributed by atoms with Gasteiger partial charge in [0.05, 0.1) is 5.69 Å². The number of rotatable bonds is 6. The average Bonchev–Trinajstić information content (AvgIpc) is 2.70. The van der Waals surface area contributed by atoms with Gasteiger partial charge in [-0.15, -0.1) is 0 Å². The highest BCUT2D eigenvalue weighted by Gasteiger charge is 2.29. The van der Waals surface area contributed by atoms with Gasteiger partial charge < -0.3 is 5.11 Å². The summed E-state index contributed by atoms with van der Waals surface area (Å²) in [6, 6.07) is 0. The summed E-state index contributed by atoms with van der Waals surface area (Å²) < 4.78 is 26.4. The van der Waals surface area contributed by atoms with Gasteiger partial charge in [-0.25, -0.2) is 17.9 Å². The van der Waals surface area contributed by atoms with Crippen molar-refractivity contribution in [1.29, 1.82) is 0 Å². The highest BCUT2D eigenvalue weighted by atomic mass is 32.2. The maximum absolute atomic E-state index is 12.2. The first-order valence-corrected chi connectivity index (χ1v) is 8.14. The number of carboxylic acid groups (broad SMARTS) is 1. The van der Waals surface area contributed by atoms with Crippen molar-refractivity contribution in [2.45, 2.75) is 30.4 Å². The fraction of sp³-hybridized carbons (Fsp3) is 0.600. The van der Waals surface area contributed by atoms with Gasteiger partial charge in [-0.1, -0.05) is 0 Å². The lowest BCUT2D eigenvalue weighted by atomic mass is 10.2. The molecular formula is C10H17N3O4S2. The molecule has 0 aliphatic rings. The summed E-state index contributed by atoms with van der Waals surface area (Å²) in [4.78, 5) is 10.7. The number of aryl methyl sites for hydroxylation is 1. The predicted octanol–water partition coefficient (Wildman–Crippen LogP) is 0.836. The van der Waals surface area contributed by atoms with Gasteiger partial charge in [0, 0.05) is 11.3 Å². The SMILES string of the molecule is CSC(C)(C)CNS(=O)(=O)c1c(C(=O)O)n[nH]c1C. The molecule has 1 aromatic rings. The van der Waals surface area contributed by atoms with Crippen LogP contribution in [0.3, 0.4) is 0 Å². The Hall–Kier alpha value is -1.06. The third kappa shape index (κ3) is 3.71. The number of hydrogen-bond acceptors (Lipinski definition) is 5. The third-order valence-electron chi connectivity index (χ3n) is 2.60. The van der Waals surface area contributed by atoms with E-state index in [1.165, 1.54) is 18.7 Å². The Morgan fingerprint density at radius 2 is 2.11 bits per heavy atom. The fourth-order valence-corrected chi connectivity index (χ4v) is 3.15. The van der Waals surface area contributed by atoms with Gasteiger partial charge in [-0.05, 0) is 27.0 Å². The van der Waals surface area contributed by atoms with Crippen molar-refractivity contribution in [3.05, 3.63) is 11.4 Å². The van der Waals surface area contributed by atoms with Crippen LogP contribution in [0.2, 0.25) is 0 Å². The first-order valence-electron chi connectivity index (χ1n) is 5.44. The molecule has 0 unspecified atom stereocenters. The van der Waals surface area contributed by atoms with Crippen LogP contribution in [0.4, 0.5) is 0 Å². The lowest BCUT2D eigenvalue weighted by Gasteiger charge is -2.22. The molecule has 1 heterocycles. The number of nitrogens with zero attached hydrogens (tertiary/aromatic N) is 1. The maximum Gasteiger partial charge on any atom is 0.357 e. The Bertz CT molecular complexity index is 578. The van der Waals surface area contributed by atoms with E-state index in [-0.39, 0.29) is 21.9 Å². The number of nitrogens with one attached hydrogen (secondary N) is 2. The van der Waals surface area contributed by atoms with Crippen LogP contribution in [0.15, 0.2) is 4.90 Å². The van der Waals surface area contributed by atoms with E-state index in [9.17, 15) is 13.2 Å². The Morgan fingerprint density at radius 3 is 2.58 bits per heavy atom. The van der Waals surface area contributed by atoms with Crippen LogP contribution in [0.1, 0.15) is 30.0 Å². The topological polar surface area (TPSA) is 112 Å². The van der Waals surface area contributed by atoms with Crippen LogP contribution in [0.25, 0.3) is 0 Å². The number of hydrogen-bond donors (Lipinski definition) is 3. The van der Waals surface area contributed by atoms with Crippen molar-refractivity contribution in [2.24, 2.45) is 0 Å². The average molecular weight is 307 g/mol. The minimum absolute atomic E-state index is 0.195. The summed E-state index contributed by atoms with van der Waals surface area (Å²) in [6.45, 7) is 5.44. The Balaban J connectivity index is 3.08. The monoisotopic (exact) mass is 307 g/mol. The van der Waals surface area contributed by atoms with Crippen molar-refractivity contribution < 1.29 is 18.3 Å². The number of H-pyrrole nitrogens is 1. The van der Waals surface area contributed by atoms with Crippen LogP contribution >= 0.6 is 11.8 Å². The largest absolute Gasteiger partial charge is 0.476 e. The zero-order valence-electron chi connectivity index (χ0n) is 11.1. The highest BCUT2D eigenvalue weighted by molar-refractivity contribution is 8.00. The van der Waals surface area contributed by atoms with Crippen LogP contribution in [0, 0.1) is 6.92 Å². The number of aromatic carboxylic acids is 1. The van der Waals surface area contributed by atoms with Crippen molar-refractivity contribution >= 4 is 27.8 Å². The van der Waals surface area contributed by atoms with Crippen LogP contribution in [-0.2, 0) is 10.0 Å². The van der Waals surface area contributed by atoms with Crippen molar-refractivity contribution in [3.8, 4) is 0 Å². The summed E-state index contributed by atoms with van der Waals surface area (Å²) in [5.74, 6) is -1.38. The van der Waals surface area contributed by atoms with Crippen LogP contribution < -0.4 is 4.72 Å². The van der Waals surface area contributed by atoms with E-state index in [1.54, 1.807) is 0 Å². The summed E-state index contributed by atoms with van der Waals surface area (Å²) in [5.41, 5.74) is -0.293. The number of aromatic nitrogens is 2. The Kier molecular flexibility index (Phi) is 4.64. The van der Waals surface area contributed by atoms with Gasteiger partial charge in [0.1, 0.15) is 4.90 Å². The Morgan fingerprint density at radius 1 is 1.53 bits per heavy atom. The molecule has 0 saturated carbocycles. The molecule has 0 aromatic carbocycles. The number of aromatic amines is 1. The van der Waals surface area contributed by atoms with E-state index in [1.807, 2.05) is 20.1 Å². The van der Waals surface area contributed by atoms with E-state index in [0.717, 1.165) is 0 Å². The number of thioether (sulfide) groups is 1. The number of carbonyl (C=O) groups is 1. The third-order valence-corrected chi connectivity index (χ3v) is 5.41. The number of carboxylic acids is 1. The van der Waals surface area contributed by atoms with Gasteiger partial charge in [0.2, 0.25) is 10.0 Å². The zero-order chi connectivity index (χ0) is 14.8. The molecule has 9 heteroatoms. The normalized spacial score (nSPS) is 12.6. The highest BCUT2D eigenvalue weighted by Crippen LogP contribution is 2.22. The van der Waals surface area contributed by atoms with Crippen molar-refractivity contribution in [3.63, 3.8) is 0 Å². The molecule has 0 atom stereocenters. The molecule has 0 radical (unpaired) electrons. The second kappa shape index (κ2) is 5.51. The molecule has 0 bridgehead atoms. The molecule has 0 aliphatic carbocycles. The first-order chi connectivity index (χ1) is 8.60. The molecule has 0 fully saturated rings. The molecule has 0 saturated heterocycles. The molecule has 108 valence electrons. The van der Waals surface area contributed by atoms with Gasteiger partial charge in [0.15, 0.2) is 5.69 Å². The van der Waals surface area contributed by atoms with E-state index < -0.39 is 21.7 Å². The second-order valence-corrected chi connectivity index (χ2v) is 7.84. The molecule has 19 heavy (non-hydrogen) atoms. The molecule has 0 spiro atoms. The van der Waals surface area contributed by atoms with Gasteiger partial charge in [0.25, 0.3) is 0 Å². The van der Waals surface area contributed by atoms with Crippen LogP contribution in [0.5, 0.6) is 0 Å². The van der Waals surface area contributed by atoms with E-state index in [2.05, 4.69) is 14.9 Å². The lowest BCUT2D eigenvalue weighted by Crippen LogP contribution is -2.36. The van der Waals surface area contributed by atoms with E-state index in [0.29, 0.717) is 0 Å². The molecule has 0 aliphatic heterocycles. The van der Waals surface area contributed by atoms with Gasteiger partial charge in [-0.2, -0.15) is 16.9 Å². The minimum Gasteiger partial charge on any atom is -0.476 e. The van der Waals surface area contributed by atoms with E-state index in [4.69, 9.17) is 5.11 Å². The summed E-state index contributed by atoms with van der Waals surface area (Å²) in [7, 11) is -3.90. The second-order valence-electron chi connectivity index (χ2n) is 4.62. The zero-order valence-corrected chi connectivity index (χ0v) is 12.8. The minimum atomic E-state index is -3.90. The molecule has 3 N–H and O–H groups in total. The standard InChI is InChI=1S/C10H17N3O4S2/c1-6-8(7(9(14)15)13-12-6)19(16,17)11-5-10(2,3)18-4/h11H,5H2,1-4H3,(H,12,13)(H,14,15). The quantitative estimate of drug-likeness (QED) is 0.718. The van der Waals surface area contributed by atoms with Crippen molar-refractivity contribution in [2.75, 3.05) is 12.8 Å². The van der Waals surface area contributed by atoms with Crippen molar-refractivity contribution in [1.82, 2.24) is 14.9 Å². The first kappa shape index (κ1) is 16.0. The lowest BCUT2D eigenvalue weighted by molar-refractivity contribution is 0.0686. The summed E-state index contributed by atoms with van der Waals surface area (Å²) in [5, 5.41) is 14.8. The predicted molar refractivity (Wildman–Crippen MR) is 73.1 cm³/mol. The maximum atomic E-state index is 12.2. The van der Waals surface area contributed by atoms with Gasteiger partial charge in [-0.3, -0.25) is 5.10 Å². The smallest absolute Gasteiger partial charge is 0.357 e.